The average Bonchev–Trinajstić information content (AvgIpc) is 2.62. The third-order valence-electron chi connectivity index (χ3n) is 3.19. The van der Waals surface area contributed by atoms with Gasteiger partial charge in [0, 0.05) is 12.1 Å². The van der Waals surface area contributed by atoms with Crippen LogP contribution < -0.4 is 20.1 Å². The average molecular weight is 392 g/mol. The van der Waals surface area contributed by atoms with Crippen molar-refractivity contribution in [1.82, 2.24) is 10.6 Å². The summed E-state index contributed by atoms with van der Waals surface area (Å²) in [5.41, 5.74) is 0.700. The molecule has 0 radical (unpaired) electrons. The number of hydrogen-bond donors (Lipinski definition) is 2. The predicted octanol–water partition coefficient (Wildman–Crippen LogP) is 2.52. The molecule has 154 valence electrons. The van der Waals surface area contributed by atoms with Gasteiger partial charge in [0.1, 0.15) is 0 Å². The first-order chi connectivity index (χ1) is 13.2. The summed E-state index contributed by atoms with van der Waals surface area (Å²) < 4.78 is 15.8. The molecule has 28 heavy (non-hydrogen) atoms. The van der Waals surface area contributed by atoms with Gasteiger partial charge < -0.3 is 19.5 Å². The van der Waals surface area contributed by atoms with E-state index in [0.717, 1.165) is 0 Å². The molecule has 0 spiro atoms. The Bertz CT molecular complexity index is 713. The van der Waals surface area contributed by atoms with E-state index in [1.54, 1.807) is 32.0 Å². The van der Waals surface area contributed by atoms with Crippen molar-refractivity contribution in [2.24, 2.45) is 5.92 Å². The molecule has 0 saturated heterocycles. The third-order valence-corrected chi connectivity index (χ3v) is 3.19. The molecule has 1 aromatic rings. The van der Waals surface area contributed by atoms with E-state index in [9.17, 15) is 14.4 Å². The molecule has 8 heteroatoms. The Labute approximate surface area is 165 Å². The molecular formula is C20H28N2O6. The van der Waals surface area contributed by atoms with Gasteiger partial charge in [-0.3, -0.25) is 10.1 Å². The molecule has 0 atom stereocenters. The highest BCUT2D eigenvalue weighted by molar-refractivity contribution is 5.96. The van der Waals surface area contributed by atoms with Crippen molar-refractivity contribution >= 4 is 24.0 Å². The standard InChI is InChI=1S/C20H28N2O6/c1-13(2)11-27-16-8-6-15(10-17(16)26-5)7-9-19(24)28-12-18(23)22-20(25)21-14(3)4/h6-10,13-14H,11-12H2,1-5H3,(H2,21,22,23,25)/b9-7+. The van der Waals surface area contributed by atoms with Crippen LogP contribution in [0.15, 0.2) is 24.3 Å². The van der Waals surface area contributed by atoms with Crippen LogP contribution in [0, 0.1) is 5.92 Å². The Kier molecular flexibility index (Phi) is 9.56. The van der Waals surface area contributed by atoms with Crippen molar-refractivity contribution in [2.45, 2.75) is 33.7 Å². The quantitative estimate of drug-likeness (QED) is 0.494. The number of amides is 3. The first kappa shape index (κ1) is 23.0. The summed E-state index contributed by atoms with van der Waals surface area (Å²) in [6, 6.07) is 4.50. The van der Waals surface area contributed by atoms with Crippen molar-refractivity contribution < 1.29 is 28.6 Å². The van der Waals surface area contributed by atoms with Gasteiger partial charge in [-0.1, -0.05) is 19.9 Å². The lowest BCUT2D eigenvalue weighted by atomic mass is 10.2. The van der Waals surface area contributed by atoms with Crippen LogP contribution in [0.4, 0.5) is 4.79 Å². The number of esters is 1. The third kappa shape index (κ3) is 9.07. The van der Waals surface area contributed by atoms with Crippen molar-refractivity contribution in [3.63, 3.8) is 0 Å². The summed E-state index contributed by atoms with van der Waals surface area (Å²) in [4.78, 5) is 34.6. The number of imide groups is 1. The van der Waals surface area contributed by atoms with Crippen LogP contribution in [0.3, 0.4) is 0 Å². The lowest BCUT2D eigenvalue weighted by Crippen LogP contribution is -2.43. The number of carbonyl (C=O) groups excluding carboxylic acids is 3. The van der Waals surface area contributed by atoms with Crippen LogP contribution in [0.2, 0.25) is 0 Å². The zero-order chi connectivity index (χ0) is 21.1. The minimum Gasteiger partial charge on any atom is -0.493 e. The van der Waals surface area contributed by atoms with Gasteiger partial charge in [0.05, 0.1) is 13.7 Å². The second kappa shape index (κ2) is 11.6. The molecular weight excluding hydrogens is 364 g/mol. The molecule has 0 aromatic heterocycles. The maximum atomic E-state index is 11.7. The van der Waals surface area contributed by atoms with Crippen LogP contribution in [-0.4, -0.2) is 44.3 Å². The SMILES string of the molecule is COc1cc(/C=C/C(=O)OCC(=O)NC(=O)NC(C)C)ccc1OCC(C)C. The zero-order valence-electron chi connectivity index (χ0n) is 16.9. The summed E-state index contributed by atoms with van der Waals surface area (Å²) in [7, 11) is 1.54. The number of urea groups is 1. The van der Waals surface area contributed by atoms with Crippen molar-refractivity contribution in [3.8, 4) is 11.5 Å². The van der Waals surface area contributed by atoms with Gasteiger partial charge in [-0.05, 0) is 43.5 Å². The van der Waals surface area contributed by atoms with Crippen LogP contribution in [-0.2, 0) is 14.3 Å². The number of benzene rings is 1. The Morgan fingerprint density at radius 3 is 2.43 bits per heavy atom. The van der Waals surface area contributed by atoms with E-state index in [4.69, 9.17) is 14.2 Å². The van der Waals surface area contributed by atoms with E-state index in [-0.39, 0.29) is 6.04 Å². The highest BCUT2D eigenvalue weighted by Gasteiger charge is 2.10. The van der Waals surface area contributed by atoms with Crippen LogP contribution in [0.5, 0.6) is 11.5 Å². The van der Waals surface area contributed by atoms with E-state index in [2.05, 4.69) is 10.6 Å². The molecule has 1 aromatic carbocycles. The highest BCUT2D eigenvalue weighted by Crippen LogP contribution is 2.28. The zero-order valence-corrected chi connectivity index (χ0v) is 16.9. The number of rotatable bonds is 9. The number of ether oxygens (including phenoxy) is 3. The molecule has 0 heterocycles. The molecule has 2 N–H and O–H groups in total. The molecule has 8 nitrogen and oxygen atoms in total. The largest absolute Gasteiger partial charge is 0.493 e. The predicted molar refractivity (Wildman–Crippen MR) is 105 cm³/mol. The van der Waals surface area contributed by atoms with Crippen LogP contribution in [0.1, 0.15) is 33.3 Å². The molecule has 0 fully saturated rings. The second-order valence-corrected chi connectivity index (χ2v) is 6.73. The lowest BCUT2D eigenvalue weighted by molar-refractivity contribution is -0.143. The summed E-state index contributed by atoms with van der Waals surface area (Å²) in [6.45, 7) is 7.62. The fraction of sp³-hybridized carbons (Fsp3) is 0.450. The number of methoxy groups -OCH3 is 1. The molecule has 1 rings (SSSR count). The minimum absolute atomic E-state index is 0.113. The van der Waals surface area contributed by atoms with Gasteiger partial charge in [-0.15, -0.1) is 0 Å². The first-order valence-corrected chi connectivity index (χ1v) is 8.97. The van der Waals surface area contributed by atoms with Gasteiger partial charge in [0.15, 0.2) is 18.1 Å². The monoisotopic (exact) mass is 392 g/mol. The van der Waals surface area contributed by atoms with Crippen molar-refractivity contribution in [1.29, 1.82) is 0 Å². The summed E-state index contributed by atoms with van der Waals surface area (Å²) in [5.74, 6) is 0.124. The van der Waals surface area contributed by atoms with E-state index in [0.29, 0.717) is 29.6 Å². The molecule has 0 unspecified atom stereocenters. The minimum atomic E-state index is -0.715. The molecule has 0 bridgehead atoms. The molecule has 3 amide bonds. The Morgan fingerprint density at radius 1 is 1.11 bits per heavy atom. The maximum absolute atomic E-state index is 11.7. The van der Waals surface area contributed by atoms with Gasteiger partial charge in [0.2, 0.25) is 0 Å². The smallest absolute Gasteiger partial charge is 0.331 e. The normalized spacial score (nSPS) is 10.8. The molecule has 0 aliphatic heterocycles. The van der Waals surface area contributed by atoms with Gasteiger partial charge in [-0.25, -0.2) is 9.59 Å². The fourth-order valence-corrected chi connectivity index (χ4v) is 1.97. The summed E-state index contributed by atoms with van der Waals surface area (Å²) in [5, 5.41) is 4.55. The van der Waals surface area contributed by atoms with Gasteiger partial charge in [0.25, 0.3) is 5.91 Å². The first-order valence-electron chi connectivity index (χ1n) is 8.97. The van der Waals surface area contributed by atoms with E-state index < -0.39 is 24.5 Å². The Hall–Kier alpha value is -3.03. The second-order valence-electron chi connectivity index (χ2n) is 6.73. The van der Waals surface area contributed by atoms with Crippen LogP contribution >= 0.6 is 0 Å². The Morgan fingerprint density at radius 2 is 1.82 bits per heavy atom. The fourth-order valence-electron chi connectivity index (χ4n) is 1.97. The van der Waals surface area contributed by atoms with E-state index >= 15 is 0 Å². The van der Waals surface area contributed by atoms with E-state index in [1.807, 2.05) is 13.8 Å². The molecule has 0 aliphatic carbocycles. The molecule has 0 aliphatic rings. The highest BCUT2D eigenvalue weighted by atomic mass is 16.5. The van der Waals surface area contributed by atoms with Crippen molar-refractivity contribution in [3.05, 3.63) is 29.8 Å². The van der Waals surface area contributed by atoms with Crippen LogP contribution in [0.25, 0.3) is 6.08 Å². The molecule has 0 saturated carbocycles. The lowest BCUT2D eigenvalue weighted by Gasteiger charge is -2.12. The maximum Gasteiger partial charge on any atom is 0.331 e. The number of hydrogen-bond acceptors (Lipinski definition) is 6. The summed E-state index contributed by atoms with van der Waals surface area (Å²) in [6.07, 6.45) is 2.71. The van der Waals surface area contributed by atoms with Gasteiger partial charge >= 0.3 is 12.0 Å². The number of nitrogens with one attached hydrogen (secondary N) is 2. The van der Waals surface area contributed by atoms with Crippen molar-refractivity contribution in [2.75, 3.05) is 20.3 Å². The van der Waals surface area contributed by atoms with E-state index in [1.165, 1.54) is 19.3 Å². The summed E-state index contributed by atoms with van der Waals surface area (Å²) >= 11 is 0. The Balaban J connectivity index is 2.55. The van der Waals surface area contributed by atoms with Gasteiger partial charge in [-0.2, -0.15) is 0 Å². The topological polar surface area (TPSA) is 103 Å². The number of carbonyl (C=O) groups is 3.